The van der Waals surface area contributed by atoms with Crippen LogP contribution in [-0.2, 0) is 13.1 Å². The quantitative estimate of drug-likeness (QED) is 0.636. The van der Waals surface area contributed by atoms with E-state index in [2.05, 4.69) is 46.8 Å². The molecule has 0 aliphatic heterocycles. The predicted molar refractivity (Wildman–Crippen MR) is 88.7 cm³/mol. The first-order chi connectivity index (χ1) is 10.7. The topological polar surface area (TPSA) is 62.5 Å². The van der Waals surface area contributed by atoms with Crippen LogP contribution >= 0.6 is 0 Å². The molecule has 2 rings (SSSR count). The molecule has 2 N–H and O–H groups in total. The fourth-order valence-electron chi connectivity index (χ4n) is 1.95. The zero-order valence-electron chi connectivity index (χ0n) is 13.5. The third-order valence-electron chi connectivity index (χ3n) is 3.21. The number of aromatic nitrogens is 1. The molecule has 22 heavy (non-hydrogen) atoms. The molecule has 2 aromatic rings. The highest BCUT2D eigenvalue weighted by molar-refractivity contribution is 5.79. The van der Waals surface area contributed by atoms with Crippen LogP contribution in [0.5, 0.6) is 0 Å². The van der Waals surface area contributed by atoms with E-state index in [0.717, 1.165) is 24.0 Å². The molecule has 0 aliphatic rings. The van der Waals surface area contributed by atoms with Crippen LogP contribution in [0.2, 0.25) is 0 Å². The maximum Gasteiger partial charge on any atom is 0.191 e. The second kappa shape index (κ2) is 8.22. The van der Waals surface area contributed by atoms with E-state index in [-0.39, 0.29) is 0 Å². The molecule has 5 heteroatoms. The van der Waals surface area contributed by atoms with Gasteiger partial charge in [-0.05, 0) is 18.4 Å². The zero-order chi connectivity index (χ0) is 15.8. The van der Waals surface area contributed by atoms with Gasteiger partial charge in [-0.25, -0.2) is 4.99 Å². The normalized spacial score (nSPS) is 11.7. The number of nitrogens with zero attached hydrogens (tertiary/aromatic N) is 2. The largest absolute Gasteiger partial charge is 0.359 e. The first-order valence-corrected chi connectivity index (χ1v) is 7.70. The van der Waals surface area contributed by atoms with Crippen LogP contribution in [-0.4, -0.2) is 17.7 Å². The van der Waals surface area contributed by atoms with E-state index in [4.69, 9.17) is 4.52 Å². The van der Waals surface area contributed by atoms with Crippen molar-refractivity contribution in [2.75, 3.05) is 6.54 Å². The van der Waals surface area contributed by atoms with Gasteiger partial charge in [0.2, 0.25) is 0 Å². The Balaban J connectivity index is 1.93. The molecule has 1 heterocycles. The van der Waals surface area contributed by atoms with Crippen molar-refractivity contribution in [3.8, 4) is 0 Å². The van der Waals surface area contributed by atoms with Crippen molar-refractivity contribution in [1.29, 1.82) is 0 Å². The van der Waals surface area contributed by atoms with Gasteiger partial charge in [0.15, 0.2) is 11.7 Å². The summed E-state index contributed by atoms with van der Waals surface area (Å²) in [7, 11) is 0. The number of rotatable bonds is 6. The monoisotopic (exact) mass is 300 g/mol. The summed E-state index contributed by atoms with van der Waals surface area (Å²) in [5.41, 5.74) is 2.16. The van der Waals surface area contributed by atoms with E-state index in [1.807, 2.05) is 31.2 Å². The molecule has 0 bridgehead atoms. The SMILES string of the molecule is CCNC(=NCc1ccccc1)NCc1cc(C(C)C)no1. The molecular weight excluding hydrogens is 276 g/mol. The maximum atomic E-state index is 5.32. The van der Waals surface area contributed by atoms with Crippen molar-refractivity contribution >= 4 is 5.96 Å². The van der Waals surface area contributed by atoms with E-state index in [1.165, 1.54) is 5.56 Å². The second-order valence-corrected chi connectivity index (χ2v) is 5.41. The van der Waals surface area contributed by atoms with Gasteiger partial charge < -0.3 is 15.2 Å². The molecule has 1 aromatic heterocycles. The molecule has 1 aromatic carbocycles. The lowest BCUT2D eigenvalue weighted by atomic mass is 10.1. The Morgan fingerprint density at radius 2 is 2.00 bits per heavy atom. The highest BCUT2D eigenvalue weighted by Crippen LogP contribution is 2.13. The van der Waals surface area contributed by atoms with E-state index >= 15 is 0 Å². The van der Waals surface area contributed by atoms with Gasteiger partial charge in [-0.3, -0.25) is 0 Å². The number of hydrogen-bond donors (Lipinski definition) is 2. The summed E-state index contributed by atoms with van der Waals surface area (Å²) >= 11 is 0. The summed E-state index contributed by atoms with van der Waals surface area (Å²) in [4.78, 5) is 4.57. The molecule has 5 nitrogen and oxygen atoms in total. The second-order valence-electron chi connectivity index (χ2n) is 5.41. The smallest absolute Gasteiger partial charge is 0.191 e. The van der Waals surface area contributed by atoms with Crippen LogP contribution in [0, 0.1) is 0 Å². The van der Waals surface area contributed by atoms with Gasteiger partial charge in [-0.1, -0.05) is 49.3 Å². The Kier molecular flexibility index (Phi) is 6.01. The molecule has 0 spiro atoms. The molecule has 0 saturated carbocycles. The summed E-state index contributed by atoms with van der Waals surface area (Å²) in [5.74, 6) is 1.96. The van der Waals surface area contributed by atoms with Crippen LogP contribution in [0.15, 0.2) is 45.9 Å². The number of hydrogen-bond acceptors (Lipinski definition) is 3. The van der Waals surface area contributed by atoms with E-state index in [1.54, 1.807) is 0 Å². The average molecular weight is 300 g/mol. The predicted octanol–water partition coefficient (Wildman–Crippen LogP) is 3.05. The zero-order valence-corrected chi connectivity index (χ0v) is 13.5. The van der Waals surface area contributed by atoms with Gasteiger partial charge in [-0.15, -0.1) is 0 Å². The van der Waals surface area contributed by atoms with Gasteiger partial charge in [0.25, 0.3) is 0 Å². The number of aliphatic imine (C=N–C) groups is 1. The van der Waals surface area contributed by atoms with Crippen LogP contribution in [0.4, 0.5) is 0 Å². The van der Waals surface area contributed by atoms with Crippen LogP contribution in [0.1, 0.15) is 43.7 Å². The summed E-state index contributed by atoms with van der Waals surface area (Å²) < 4.78 is 5.32. The minimum atomic E-state index is 0.373. The number of nitrogens with one attached hydrogen (secondary N) is 2. The lowest BCUT2D eigenvalue weighted by molar-refractivity contribution is 0.372. The fraction of sp³-hybridized carbons (Fsp3) is 0.412. The standard InChI is InChI=1S/C17H24N4O/c1-4-18-17(19-11-14-8-6-5-7-9-14)20-12-15-10-16(13(2)3)21-22-15/h5-10,13H,4,11-12H2,1-3H3,(H2,18,19,20). The third kappa shape index (κ3) is 4.91. The van der Waals surface area contributed by atoms with Crippen LogP contribution in [0.3, 0.4) is 0 Å². The minimum absolute atomic E-state index is 0.373. The molecule has 0 atom stereocenters. The molecule has 0 aliphatic carbocycles. The number of benzene rings is 1. The first kappa shape index (κ1) is 16.1. The highest BCUT2D eigenvalue weighted by atomic mass is 16.5. The molecule has 0 saturated heterocycles. The Hall–Kier alpha value is -2.30. The molecule has 0 radical (unpaired) electrons. The van der Waals surface area contributed by atoms with E-state index in [9.17, 15) is 0 Å². The maximum absolute atomic E-state index is 5.32. The van der Waals surface area contributed by atoms with Crippen molar-refractivity contribution in [3.63, 3.8) is 0 Å². The van der Waals surface area contributed by atoms with Gasteiger partial charge in [0, 0.05) is 12.6 Å². The molecule has 0 unspecified atom stereocenters. The van der Waals surface area contributed by atoms with Crippen molar-refractivity contribution in [1.82, 2.24) is 15.8 Å². The summed E-state index contributed by atoms with van der Waals surface area (Å²) in [6.07, 6.45) is 0. The van der Waals surface area contributed by atoms with Crippen LogP contribution < -0.4 is 10.6 Å². The van der Waals surface area contributed by atoms with Crippen molar-refractivity contribution in [2.24, 2.45) is 4.99 Å². The van der Waals surface area contributed by atoms with Crippen molar-refractivity contribution in [2.45, 2.75) is 39.8 Å². The van der Waals surface area contributed by atoms with Gasteiger partial charge in [0.1, 0.15) is 0 Å². The van der Waals surface area contributed by atoms with Gasteiger partial charge in [0.05, 0.1) is 18.8 Å². The minimum Gasteiger partial charge on any atom is -0.359 e. The lowest BCUT2D eigenvalue weighted by Gasteiger charge is -2.09. The molecular formula is C17H24N4O. The molecule has 0 fully saturated rings. The van der Waals surface area contributed by atoms with E-state index in [0.29, 0.717) is 19.0 Å². The fourth-order valence-corrected chi connectivity index (χ4v) is 1.95. The Bertz CT molecular complexity index is 590. The van der Waals surface area contributed by atoms with E-state index < -0.39 is 0 Å². The Morgan fingerprint density at radius 3 is 2.64 bits per heavy atom. The van der Waals surface area contributed by atoms with Gasteiger partial charge >= 0.3 is 0 Å². The van der Waals surface area contributed by atoms with Crippen molar-refractivity contribution < 1.29 is 4.52 Å². The average Bonchev–Trinajstić information content (AvgIpc) is 3.00. The Labute approximate surface area is 131 Å². The summed E-state index contributed by atoms with van der Waals surface area (Å²) in [6, 6.07) is 12.2. The lowest BCUT2D eigenvalue weighted by Crippen LogP contribution is -2.36. The van der Waals surface area contributed by atoms with Crippen molar-refractivity contribution in [3.05, 3.63) is 53.4 Å². The molecule has 0 amide bonds. The Morgan fingerprint density at radius 1 is 1.23 bits per heavy atom. The number of guanidine groups is 1. The molecule has 118 valence electrons. The third-order valence-corrected chi connectivity index (χ3v) is 3.21. The summed E-state index contributed by atoms with van der Waals surface area (Å²) in [6.45, 7) is 8.27. The first-order valence-electron chi connectivity index (χ1n) is 7.70. The van der Waals surface area contributed by atoms with Crippen LogP contribution in [0.25, 0.3) is 0 Å². The van der Waals surface area contributed by atoms with Gasteiger partial charge in [-0.2, -0.15) is 0 Å². The highest BCUT2D eigenvalue weighted by Gasteiger charge is 2.08. The summed E-state index contributed by atoms with van der Waals surface area (Å²) in [5, 5.41) is 10.6.